The van der Waals surface area contributed by atoms with Gasteiger partial charge in [-0.1, -0.05) is 12.8 Å². The van der Waals surface area contributed by atoms with E-state index in [1.165, 1.54) is 45.3 Å². The van der Waals surface area contributed by atoms with Gasteiger partial charge in [0.15, 0.2) is 0 Å². The van der Waals surface area contributed by atoms with Crippen molar-refractivity contribution in [2.75, 3.05) is 53.5 Å². The van der Waals surface area contributed by atoms with Gasteiger partial charge in [0.2, 0.25) is 0 Å². The van der Waals surface area contributed by atoms with Gasteiger partial charge in [0.25, 0.3) is 5.91 Å². The quantitative estimate of drug-likeness (QED) is 0.598. The minimum atomic E-state index is -0.0553. The Morgan fingerprint density at radius 3 is 2.18 bits per heavy atom. The monoisotopic (exact) mass is 500 g/mol. The number of carbonyl (C=O) groups excluding carboxylic acids is 1. The highest BCUT2D eigenvalue weighted by atomic mass is 35.5. The molecule has 2 saturated heterocycles. The fourth-order valence-electron chi connectivity index (χ4n) is 4.79. The number of halogens is 2. The molecule has 2 fully saturated rings. The van der Waals surface area contributed by atoms with Crippen LogP contribution in [-0.4, -0.2) is 80.2 Å². The summed E-state index contributed by atoms with van der Waals surface area (Å²) in [6.07, 6.45) is 7.48. The largest absolute Gasteiger partial charge is 0.497 e. The molecule has 2 N–H and O–H groups in total. The summed E-state index contributed by atoms with van der Waals surface area (Å²) in [4.78, 5) is 21.2. The molecule has 0 bridgehead atoms. The molecular formula is C24H38Cl2N4O3. The molecule has 2 aliphatic heterocycles. The molecule has 186 valence electrons. The fourth-order valence-corrected chi connectivity index (χ4v) is 4.79. The Bertz CT molecular complexity index is 876. The molecule has 1 aromatic heterocycles. The van der Waals surface area contributed by atoms with E-state index in [4.69, 9.17) is 9.47 Å². The number of carbonyl (C=O) groups is 1. The van der Waals surface area contributed by atoms with Gasteiger partial charge < -0.3 is 29.6 Å². The normalized spacial score (nSPS) is 18.1. The van der Waals surface area contributed by atoms with Gasteiger partial charge in [-0.3, -0.25) is 4.79 Å². The van der Waals surface area contributed by atoms with Crippen LogP contribution in [0.5, 0.6) is 11.5 Å². The summed E-state index contributed by atoms with van der Waals surface area (Å²) in [5, 5.41) is 4.10. The predicted octanol–water partition coefficient (Wildman–Crippen LogP) is 4.10. The Balaban J connectivity index is 0.00000193. The van der Waals surface area contributed by atoms with Crippen LogP contribution in [0.4, 0.5) is 0 Å². The third kappa shape index (κ3) is 7.15. The molecule has 0 radical (unpaired) electrons. The summed E-state index contributed by atoms with van der Waals surface area (Å²) >= 11 is 0. The number of nitrogens with one attached hydrogen (secondary N) is 2. The van der Waals surface area contributed by atoms with E-state index in [0.29, 0.717) is 17.2 Å². The van der Waals surface area contributed by atoms with Crippen molar-refractivity contribution < 1.29 is 14.3 Å². The van der Waals surface area contributed by atoms with Gasteiger partial charge in [-0.2, -0.15) is 0 Å². The number of methoxy groups -OCH3 is 2. The summed E-state index contributed by atoms with van der Waals surface area (Å²) in [5.74, 6) is 1.34. The average molecular weight is 501 g/mol. The predicted molar refractivity (Wildman–Crippen MR) is 138 cm³/mol. The summed E-state index contributed by atoms with van der Waals surface area (Å²) in [6, 6.07) is 5.81. The number of amides is 1. The molecule has 0 aliphatic carbocycles. The van der Waals surface area contributed by atoms with Crippen LogP contribution >= 0.6 is 24.8 Å². The number of nitrogens with zero attached hydrogens (tertiary/aromatic N) is 2. The minimum absolute atomic E-state index is 0. The van der Waals surface area contributed by atoms with Crippen molar-refractivity contribution >= 4 is 41.6 Å². The van der Waals surface area contributed by atoms with E-state index >= 15 is 0 Å². The van der Waals surface area contributed by atoms with Crippen molar-refractivity contribution in [1.29, 1.82) is 0 Å². The molecule has 33 heavy (non-hydrogen) atoms. The van der Waals surface area contributed by atoms with E-state index in [9.17, 15) is 4.79 Å². The molecule has 2 aromatic rings. The number of rotatable bonds is 7. The molecule has 7 nitrogen and oxygen atoms in total. The number of piperidine rings is 1. The van der Waals surface area contributed by atoms with E-state index in [1.807, 2.05) is 18.2 Å². The average Bonchev–Trinajstić information content (AvgIpc) is 3.06. The zero-order valence-corrected chi connectivity index (χ0v) is 21.4. The van der Waals surface area contributed by atoms with Gasteiger partial charge in [0, 0.05) is 49.7 Å². The topological polar surface area (TPSA) is 69.8 Å². The molecule has 3 heterocycles. The Labute approximate surface area is 209 Å². The van der Waals surface area contributed by atoms with Gasteiger partial charge in [0.1, 0.15) is 17.2 Å². The lowest BCUT2D eigenvalue weighted by atomic mass is 10.0. The van der Waals surface area contributed by atoms with Crippen LogP contribution in [0.3, 0.4) is 0 Å². The molecule has 0 atom stereocenters. The Kier molecular flexibility index (Phi) is 11.1. The van der Waals surface area contributed by atoms with Crippen LogP contribution in [-0.2, 0) is 0 Å². The maximum absolute atomic E-state index is 12.8. The summed E-state index contributed by atoms with van der Waals surface area (Å²) in [5.41, 5.74) is 1.40. The molecule has 2 aliphatic rings. The zero-order valence-electron chi connectivity index (χ0n) is 19.7. The number of aromatic nitrogens is 1. The number of fused-ring (bicyclic) bond motifs is 1. The number of hydrogen-bond donors (Lipinski definition) is 2. The Hall–Kier alpha value is -1.67. The molecule has 0 spiro atoms. The highest BCUT2D eigenvalue weighted by molar-refractivity contribution is 6.00. The van der Waals surface area contributed by atoms with Crippen molar-refractivity contribution in [2.24, 2.45) is 0 Å². The number of hydrogen-bond acceptors (Lipinski definition) is 5. The van der Waals surface area contributed by atoms with Gasteiger partial charge in [0.05, 0.1) is 19.7 Å². The van der Waals surface area contributed by atoms with Gasteiger partial charge >= 0.3 is 0 Å². The fraction of sp³-hybridized carbons (Fsp3) is 0.625. The summed E-state index contributed by atoms with van der Waals surface area (Å²) < 4.78 is 10.8. The van der Waals surface area contributed by atoms with Crippen LogP contribution in [0.15, 0.2) is 18.2 Å². The first-order valence-corrected chi connectivity index (χ1v) is 11.7. The molecule has 1 amide bonds. The number of ether oxygens (including phenoxy) is 2. The maximum atomic E-state index is 12.8. The van der Waals surface area contributed by atoms with Crippen LogP contribution < -0.4 is 14.8 Å². The number of benzene rings is 1. The standard InChI is InChI=1S/C24H36N4O3.2ClH/c1-30-19-15-21-20(23(16-19)31-2)17-22(26-21)24(29)25-18-7-11-28(12-8-18)14-13-27-9-5-3-4-6-10-27;;/h15-18,26H,3-14H2,1-2H3,(H,25,29);2*1H. The first-order chi connectivity index (χ1) is 15.2. The van der Waals surface area contributed by atoms with E-state index in [1.54, 1.807) is 14.2 Å². The Morgan fingerprint density at radius 1 is 0.939 bits per heavy atom. The van der Waals surface area contributed by atoms with Crippen molar-refractivity contribution in [1.82, 2.24) is 20.1 Å². The number of aromatic amines is 1. The molecule has 9 heteroatoms. The van der Waals surface area contributed by atoms with E-state index in [0.717, 1.165) is 43.4 Å². The van der Waals surface area contributed by atoms with Crippen LogP contribution in [0, 0.1) is 0 Å². The van der Waals surface area contributed by atoms with Crippen LogP contribution in [0.25, 0.3) is 10.9 Å². The van der Waals surface area contributed by atoms with Crippen LogP contribution in [0.1, 0.15) is 49.0 Å². The third-order valence-corrected chi connectivity index (χ3v) is 6.73. The molecule has 4 rings (SSSR count). The maximum Gasteiger partial charge on any atom is 0.267 e. The third-order valence-electron chi connectivity index (χ3n) is 6.73. The molecule has 0 unspecified atom stereocenters. The summed E-state index contributed by atoms with van der Waals surface area (Å²) in [6.45, 7) is 6.94. The van der Waals surface area contributed by atoms with Crippen molar-refractivity contribution in [3.05, 3.63) is 23.9 Å². The smallest absolute Gasteiger partial charge is 0.267 e. The molecule has 0 saturated carbocycles. The van der Waals surface area contributed by atoms with Crippen molar-refractivity contribution in [3.8, 4) is 11.5 Å². The molecular weight excluding hydrogens is 463 g/mol. The first kappa shape index (κ1) is 27.6. The van der Waals surface area contributed by atoms with E-state index < -0.39 is 0 Å². The number of H-pyrrole nitrogens is 1. The SMILES string of the molecule is COc1cc(OC)c2cc(C(=O)NC3CCN(CCN4CCCCCC4)CC3)[nH]c2c1.Cl.Cl. The lowest BCUT2D eigenvalue weighted by Gasteiger charge is -2.33. The number of likely N-dealkylation sites (tertiary alicyclic amines) is 2. The van der Waals surface area contributed by atoms with E-state index in [-0.39, 0.29) is 36.8 Å². The van der Waals surface area contributed by atoms with Gasteiger partial charge in [-0.05, 0) is 44.8 Å². The highest BCUT2D eigenvalue weighted by Crippen LogP contribution is 2.31. The van der Waals surface area contributed by atoms with E-state index in [2.05, 4.69) is 20.1 Å². The van der Waals surface area contributed by atoms with Crippen LogP contribution in [0.2, 0.25) is 0 Å². The van der Waals surface area contributed by atoms with Crippen molar-refractivity contribution in [3.63, 3.8) is 0 Å². The second-order valence-electron chi connectivity index (χ2n) is 8.82. The van der Waals surface area contributed by atoms with Gasteiger partial charge in [-0.25, -0.2) is 0 Å². The lowest BCUT2D eigenvalue weighted by molar-refractivity contribution is 0.0902. The first-order valence-electron chi connectivity index (χ1n) is 11.7. The second kappa shape index (κ2) is 13.3. The minimum Gasteiger partial charge on any atom is -0.497 e. The highest BCUT2D eigenvalue weighted by Gasteiger charge is 2.23. The second-order valence-corrected chi connectivity index (χ2v) is 8.82. The van der Waals surface area contributed by atoms with Crippen molar-refractivity contribution in [2.45, 2.75) is 44.6 Å². The zero-order chi connectivity index (χ0) is 21.6. The summed E-state index contributed by atoms with van der Waals surface area (Å²) in [7, 11) is 3.25. The molecule has 1 aromatic carbocycles. The Morgan fingerprint density at radius 2 is 1.58 bits per heavy atom. The van der Waals surface area contributed by atoms with Gasteiger partial charge in [-0.15, -0.1) is 24.8 Å². The lowest BCUT2D eigenvalue weighted by Crippen LogP contribution is -2.46.